The molecule has 1 fully saturated rings. The van der Waals surface area contributed by atoms with Gasteiger partial charge in [0.25, 0.3) is 5.56 Å². The Kier molecular flexibility index (Phi) is 5.45. The van der Waals surface area contributed by atoms with Crippen LogP contribution in [0.1, 0.15) is 12.8 Å². The third-order valence-electron chi connectivity index (χ3n) is 4.09. The SMILES string of the molecule is O=C(Cn1cccc(S(=O)(=O)N2CCCC2)c1=O)Nc1cccc(Cl)c1. The van der Waals surface area contributed by atoms with Gasteiger partial charge in [-0.2, -0.15) is 4.31 Å². The molecule has 1 aliphatic rings. The van der Waals surface area contributed by atoms with Crippen LogP contribution in [0.25, 0.3) is 0 Å². The number of anilines is 1. The van der Waals surface area contributed by atoms with Gasteiger partial charge in [-0.05, 0) is 43.2 Å². The first-order valence-electron chi connectivity index (χ1n) is 8.13. The van der Waals surface area contributed by atoms with Gasteiger partial charge in [0.15, 0.2) is 0 Å². The van der Waals surface area contributed by atoms with Crippen molar-refractivity contribution < 1.29 is 13.2 Å². The fourth-order valence-corrected chi connectivity index (χ4v) is 4.62. The van der Waals surface area contributed by atoms with Gasteiger partial charge < -0.3 is 9.88 Å². The zero-order valence-electron chi connectivity index (χ0n) is 13.9. The number of benzene rings is 1. The molecule has 7 nitrogen and oxygen atoms in total. The molecule has 2 aromatic rings. The average molecular weight is 396 g/mol. The van der Waals surface area contributed by atoms with Crippen LogP contribution in [0, 0.1) is 0 Å². The molecule has 0 aliphatic carbocycles. The Morgan fingerprint density at radius 2 is 1.88 bits per heavy atom. The van der Waals surface area contributed by atoms with Crippen LogP contribution in [0.5, 0.6) is 0 Å². The van der Waals surface area contributed by atoms with Crippen LogP contribution in [-0.4, -0.2) is 36.3 Å². The maximum absolute atomic E-state index is 12.6. The van der Waals surface area contributed by atoms with Crippen molar-refractivity contribution in [3.05, 3.63) is 58.0 Å². The molecule has 1 aromatic carbocycles. The van der Waals surface area contributed by atoms with Crippen LogP contribution in [0.2, 0.25) is 5.02 Å². The average Bonchev–Trinajstić information content (AvgIpc) is 3.12. The maximum Gasteiger partial charge on any atom is 0.271 e. The quantitative estimate of drug-likeness (QED) is 0.837. The number of aromatic nitrogens is 1. The monoisotopic (exact) mass is 395 g/mol. The molecular weight excluding hydrogens is 378 g/mol. The lowest BCUT2D eigenvalue weighted by Gasteiger charge is -2.16. The molecule has 1 saturated heterocycles. The molecule has 0 spiro atoms. The molecule has 1 N–H and O–H groups in total. The molecule has 1 aliphatic heterocycles. The van der Waals surface area contributed by atoms with Crippen LogP contribution in [0.4, 0.5) is 5.69 Å². The number of rotatable bonds is 5. The smallest absolute Gasteiger partial charge is 0.271 e. The van der Waals surface area contributed by atoms with Crippen molar-refractivity contribution in [3.8, 4) is 0 Å². The first-order chi connectivity index (χ1) is 12.4. The number of hydrogen-bond donors (Lipinski definition) is 1. The fraction of sp³-hybridized carbons (Fsp3) is 0.294. The molecule has 0 atom stereocenters. The summed E-state index contributed by atoms with van der Waals surface area (Å²) in [4.78, 5) is 24.5. The van der Waals surface area contributed by atoms with E-state index in [4.69, 9.17) is 11.6 Å². The van der Waals surface area contributed by atoms with Gasteiger partial charge in [-0.15, -0.1) is 0 Å². The molecule has 0 unspecified atom stereocenters. The Balaban J connectivity index is 1.81. The van der Waals surface area contributed by atoms with Gasteiger partial charge in [0.2, 0.25) is 15.9 Å². The van der Waals surface area contributed by atoms with Crippen molar-refractivity contribution in [1.29, 1.82) is 0 Å². The summed E-state index contributed by atoms with van der Waals surface area (Å²) in [5.41, 5.74) is -0.211. The highest BCUT2D eigenvalue weighted by atomic mass is 35.5. The summed E-state index contributed by atoms with van der Waals surface area (Å²) in [5.74, 6) is -0.454. The van der Waals surface area contributed by atoms with Gasteiger partial charge in [-0.3, -0.25) is 9.59 Å². The summed E-state index contributed by atoms with van der Waals surface area (Å²) in [6.45, 7) is 0.520. The van der Waals surface area contributed by atoms with Gasteiger partial charge in [0, 0.05) is 30.0 Å². The van der Waals surface area contributed by atoms with Crippen molar-refractivity contribution in [3.63, 3.8) is 0 Å². The summed E-state index contributed by atoms with van der Waals surface area (Å²) in [6, 6.07) is 9.34. The van der Waals surface area contributed by atoms with Crippen molar-refractivity contribution in [2.75, 3.05) is 18.4 Å². The van der Waals surface area contributed by atoms with Crippen LogP contribution < -0.4 is 10.9 Å². The van der Waals surface area contributed by atoms with Crippen molar-refractivity contribution in [2.45, 2.75) is 24.3 Å². The number of amides is 1. The molecule has 26 heavy (non-hydrogen) atoms. The highest BCUT2D eigenvalue weighted by Crippen LogP contribution is 2.18. The van der Waals surface area contributed by atoms with Crippen LogP contribution in [0.15, 0.2) is 52.3 Å². The Labute approximate surface area is 156 Å². The predicted octanol–water partition coefficient (Wildman–Crippen LogP) is 1.92. The summed E-state index contributed by atoms with van der Waals surface area (Å²) in [5, 5.41) is 3.10. The highest BCUT2D eigenvalue weighted by Gasteiger charge is 2.29. The molecule has 0 saturated carbocycles. The van der Waals surface area contributed by atoms with E-state index in [-0.39, 0.29) is 11.4 Å². The lowest BCUT2D eigenvalue weighted by Crippen LogP contribution is -2.36. The molecule has 0 bridgehead atoms. The van der Waals surface area contributed by atoms with E-state index in [0.29, 0.717) is 23.8 Å². The molecule has 1 amide bonds. The minimum absolute atomic E-state index is 0.297. The van der Waals surface area contributed by atoms with E-state index in [1.807, 2.05) is 0 Å². The van der Waals surface area contributed by atoms with E-state index >= 15 is 0 Å². The third kappa shape index (κ3) is 3.98. The predicted molar refractivity (Wildman–Crippen MR) is 98.8 cm³/mol. The van der Waals surface area contributed by atoms with Crippen molar-refractivity contribution in [2.24, 2.45) is 0 Å². The number of carbonyl (C=O) groups is 1. The van der Waals surface area contributed by atoms with Gasteiger partial charge in [0.1, 0.15) is 11.4 Å². The molecule has 1 aromatic heterocycles. The van der Waals surface area contributed by atoms with Gasteiger partial charge in [-0.25, -0.2) is 8.42 Å². The summed E-state index contributed by atoms with van der Waals surface area (Å²) < 4.78 is 27.6. The minimum Gasteiger partial charge on any atom is -0.324 e. The number of sulfonamides is 1. The van der Waals surface area contributed by atoms with Crippen molar-refractivity contribution >= 4 is 33.2 Å². The van der Waals surface area contributed by atoms with Crippen molar-refractivity contribution in [1.82, 2.24) is 8.87 Å². The zero-order chi connectivity index (χ0) is 18.7. The molecular formula is C17H18ClN3O4S. The largest absolute Gasteiger partial charge is 0.324 e. The fourth-order valence-electron chi connectivity index (χ4n) is 2.82. The third-order valence-corrected chi connectivity index (χ3v) is 6.24. The topological polar surface area (TPSA) is 88.5 Å². The number of halogens is 1. The maximum atomic E-state index is 12.6. The number of nitrogens with one attached hydrogen (secondary N) is 1. The molecule has 138 valence electrons. The molecule has 2 heterocycles. The van der Waals surface area contributed by atoms with E-state index in [1.165, 1.54) is 22.6 Å². The lowest BCUT2D eigenvalue weighted by atomic mass is 10.3. The summed E-state index contributed by atoms with van der Waals surface area (Å²) >= 11 is 5.87. The highest BCUT2D eigenvalue weighted by molar-refractivity contribution is 7.89. The first-order valence-corrected chi connectivity index (χ1v) is 9.95. The number of hydrogen-bond acceptors (Lipinski definition) is 4. The normalized spacial score (nSPS) is 15.1. The standard InChI is InChI=1S/C17H18ClN3O4S/c18-13-5-3-6-14(11-13)19-16(22)12-20-8-4-7-15(17(20)23)26(24,25)21-9-1-2-10-21/h3-8,11H,1-2,9-10,12H2,(H,19,22). The minimum atomic E-state index is -3.84. The number of pyridine rings is 1. The first kappa shape index (κ1) is 18.6. The zero-order valence-corrected chi connectivity index (χ0v) is 15.5. The lowest BCUT2D eigenvalue weighted by molar-refractivity contribution is -0.116. The second-order valence-corrected chi connectivity index (χ2v) is 8.32. The van der Waals surface area contributed by atoms with E-state index in [9.17, 15) is 18.0 Å². The van der Waals surface area contributed by atoms with Gasteiger partial charge in [0.05, 0.1) is 0 Å². The second-order valence-electron chi connectivity index (χ2n) is 5.98. The van der Waals surface area contributed by atoms with Crippen LogP contribution in [-0.2, 0) is 21.4 Å². The number of carbonyl (C=O) groups excluding carboxylic acids is 1. The van der Waals surface area contributed by atoms with E-state index in [0.717, 1.165) is 17.4 Å². The van der Waals surface area contributed by atoms with Crippen LogP contribution >= 0.6 is 11.6 Å². The Hall–Kier alpha value is -2.16. The summed E-state index contributed by atoms with van der Waals surface area (Å²) in [7, 11) is -3.84. The summed E-state index contributed by atoms with van der Waals surface area (Å²) in [6.07, 6.45) is 2.95. The second kappa shape index (κ2) is 7.61. The van der Waals surface area contributed by atoms with Crippen LogP contribution in [0.3, 0.4) is 0 Å². The van der Waals surface area contributed by atoms with E-state index < -0.39 is 21.5 Å². The van der Waals surface area contributed by atoms with E-state index in [2.05, 4.69) is 5.32 Å². The molecule has 9 heteroatoms. The Morgan fingerprint density at radius 3 is 2.58 bits per heavy atom. The Bertz CT molecular complexity index is 981. The van der Waals surface area contributed by atoms with Gasteiger partial charge in [-0.1, -0.05) is 17.7 Å². The Morgan fingerprint density at radius 1 is 1.15 bits per heavy atom. The van der Waals surface area contributed by atoms with E-state index in [1.54, 1.807) is 24.3 Å². The number of nitrogens with zero attached hydrogens (tertiary/aromatic N) is 2. The van der Waals surface area contributed by atoms with Gasteiger partial charge >= 0.3 is 0 Å². The molecule has 3 rings (SSSR count). The molecule has 0 radical (unpaired) electrons.